The lowest BCUT2D eigenvalue weighted by Crippen LogP contribution is -2.13. The van der Waals surface area contributed by atoms with Crippen molar-refractivity contribution in [3.63, 3.8) is 0 Å². The average Bonchev–Trinajstić information content (AvgIpc) is 3.03. The van der Waals surface area contributed by atoms with E-state index in [1.807, 2.05) is 6.92 Å². The van der Waals surface area contributed by atoms with Gasteiger partial charge in [0.25, 0.3) is 0 Å². The van der Waals surface area contributed by atoms with Gasteiger partial charge in [-0.25, -0.2) is 8.42 Å². The fraction of sp³-hybridized carbons (Fsp3) is 0.438. The van der Waals surface area contributed by atoms with Gasteiger partial charge < -0.3 is 14.9 Å². The topological polar surface area (TPSA) is 122 Å². The lowest BCUT2D eigenvalue weighted by atomic mass is 10.2. The van der Waals surface area contributed by atoms with E-state index in [-0.39, 0.29) is 34.9 Å². The molecule has 2 N–H and O–H groups in total. The van der Waals surface area contributed by atoms with E-state index in [0.29, 0.717) is 18.1 Å². The molecule has 0 aliphatic rings. The molecule has 9 heteroatoms. The van der Waals surface area contributed by atoms with Crippen LogP contribution in [0.2, 0.25) is 0 Å². The van der Waals surface area contributed by atoms with Crippen LogP contribution < -0.4 is 5.32 Å². The SMILES string of the molecule is CCCc1noc(CCC(=O)Nc2cc(S(=O)(=O)CC)ccc2O)n1. The van der Waals surface area contributed by atoms with Gasteiger partial charge in [0.15, 0.2) is 15.7 Å². The predicted molar refractivity (Wildman–Crippen MR) is 91.1 cm³/mol. The number of amides is 1. The van der Waals surface area contributed by atoms with Crippen molar-refractivity contribution in [2.24, 2.45) is 0 Å². The van der Waals surface area contributed by atoms with Crippen LogP contribution in [0, 0.1) is 0 Å². The first-order chi connectivity index (χ1) is 11.9. The highest BCUT2D eigenvalue weighted by Crippen LogP contribution is 2.27. The van der Waals surface area contributed by atoms with Crippen LogP contribution in [0.3, 0.4) is 0 Å². The molecule has 0 atom stereocenters. The third-order valence-electron chi connectivity index (χ3n) is 3.53. The molecular weight excluding hydrogens is 346 g/mol. The van der Waals surface area contributed by atoms with Gasteiger partial charge in [-0.15, -0.1) is 0 Å². The normalized spacial score (nSPS) is 11.4. The van der Waals surface area contributed by atoms with Crippen molar-refractivity contribution in [2.45, 2.75) is 44.4 Å². The summed E-state index contributed by atoms with van der Waals surface area (Å²) in [6, 6.07) is 3.79. The quantitative estimate of drug-likeness (QED) is 0.685. The summed E-state index contributed by atoms with van der Waals surface area (Å²) in [5.41, 5.74) is 0.0525. The first kappa shape index (κ1) is 18.9. The molecule has 8 nitrogen and oxygen atoms in total. The Morgan fingerprint density at radius 3 is 2.72 bits per heavy atom. The maximum Gasteiger partial charge on any atom is 0.227 e. The largest absolute Gasteiger partial charge is 0.506 e. The van der Waals surface area contributed by atoms with E-state index in [1.165, 1.54) is 25.1 Å². The first-order valence-corrected chi connectivity index (χ1v) is 9.68. The van der Waals surface area contributed by atoms with E-state index < -0.39 is 15.7 Å². The van der Waals surface area contributed by atoms with Gasteiger partial charge in [0.2, 0.25) is 11.8 Å². The number of anilines is 1. The van der Waals surface area contributed by atoms with E-state index in [0.717, 1.165) is 6.42 Å². The molecule has 0 aliphatic heterocycles. The average molecular weight is 367 g/mol. The van der Waals surface area contributed by atoms with Gasteiger partial charge in [-0.05, 0) is 24.6 Å². The van der Waals surface area contributed by atoms with Gasteiger partial charge in [-0.3, -0.25) is 4.79 Å². The number of carbonyl (C=O) groups is 1. The third-order valence-corrected chi connectivity index (χ3v) is 5.26. The van der Waals surface area contributed by atoms with Gasteiger partial charge in [0.1, 0.15) is 5.75 Å². The number of phenols is 1. The minimum absolute atomic E-state index is 0.0456. The Bertz CT molecular complexity index is 845. The number of carbonyl (C=O) groups excluding carboxylic acids is 1. The van der Waals surface area contributed by atoms with E-state index in [1.54, 1.807) is 0 Å². The lowest BCUT2D eigenvalue weighted by Gasteiger charge is -2.09. The number of aryl methyl sites for hydroxylation is 2. The fourth-order valence-electron chi connectivity index (χ4n) is 2.13. The van der Waals surface area contributed by atoms with Crippen molar-refractivity contribution in [3.8, 4) is 5.75 Å². The zero-order chi connectivity index (χ0) is 18.4. The maximum atomic E-state index is 12.0. The van der Waals surface area contributed by atoms with Crippen LogP contribution >= 0.6 is 0 Å². The van der Waals surface area contributed by atoms with Crippen molar-refractivity contribution in [2.75, 3.05) is 11.1 Å². The molecule has 0 saturated heterocycles. The Morgan fingerprint density at radius 1 is 1.28 bits per heavy atom. The second kappa shape index (κ2) is 8.11. The Labute approximate surface area is 146 Å². The molecule has 0 aliphatic carbocycles. The molecule has 0 spiro atoms. The standard InChI is InChI=1S/C16H21N3O5S/c1-3-5-14-18-16(24-19-14)9-8-15(21)17-12-10-11(6-7-13(12)20)25(22,23)4-2/h6-7,10,20H,3-5,8-9H2,1-2H3,(H,17,21). The lowest BCUT2D eigenvalue weighted by molar-refractivity contribution is -0.116. The van der Waals surface area contributed by atoms with Crippen molar-refractivity contribution >= 4 is 21.4 Å². The third kappa shape index (κ3) is 5.02. The number of rotatable bonds is 8. The number of hydrogen-bond acceptors (Lipinski definition) is 7. The minimum Gasteiger partial charge on any atom is -0.506 e. The van der Waals surface area contributed by atoms with Gasteiger partial charge in [-0.1, -0.05) is 19.0 Å². The molecule has 1 aromatic heterocycles. The number of benzene rings is 1. The zero-order valence-electron chi connectivity index (χ0n) is 14.2. The number of hydrogen-bond donors (Lipinski definition) is 2. The molecule has 1 amide bonds. The summed E-state index contributed by atoms with van der Waals surface area (Å²) in [7, 11) is -3.43. The zero-order valence-corrected chi connectivity index (χ0v) is 15.0. The minimum atomic E-state index is -3.43. The molecule has 1 aromatic carbocycles. The van der Waals surface area contributed by atoms with E-state index in [9.17, 15) is 18.3 Å². The van der Waals surface area contributed by atoms with Crippen LogP contribution in [0.25, 0.3) is 0 Å². The summed E-state index contributed by atoms with van der Waals surface area (Å²) in [6.07, 6.45) is 1.94. The van der Waals surface area contributed by atoms with Crippen LogP contribution in [0.1, 0.15) is 38.4 Å². The summed E-state index contributed by atoms with van der Waals surface area (Å²) in [5.74, 6) is 0.309. The number of aromatic hydroxyl groups is 1. The second-order valence-corrected chi connectivity index (χ2v) is 7.76. The summed E-state index contributed by atoms with van der Waals surface area (Å²) < 4.78 is 28.8. The van der Waals surface area contributed by atoms with Crippen LogP contribution in [-0.4, -0.2) is 35.3 Å². The van der Waals surface area contributed by atoms with Gasteiger partial charge in [0, 0.05) is 19.3 Å². The van der Waals surface area contributed by atoms with Crippen molar-refractivity contribution in [1.82, 2.24) is 10.1 Å². The molecule has 2 rings (SSSR count). The number of phenolic OH excluding ortho intramolecular Hbond substituents is 1. The number of aromatic nitrogens is 2. The van der Waals surface area contributed by atoms with Crippen molar-refractivity contribution < 1.29 is 22.8 Å². The Balaban J connectivity index is 2.01. The number of sulfone groups is 1. The van der Waals surface area contributed by atoms with Crippen molar-refractivity contribution in [1.29, 1.82) is 0 Å². The van der Waals surface area contributed by atoms with E-state index >= 15 is 0 Å². The Morgan fingerprint density at radius 2 is 2.04 bits per heavy atom. The van der Waals surface area contributed by atoms with Crippen molar-refractivity contribution in [3.05, 3.63) is 29.9 Å². The number of nitrogens with zero attached hydrogens (tertiary/aromatic N) is 2. The van der Waals surface area contributed by atoms with Crippen LogP contribution in [0.4, 0.5) is 5.69 Å². The molecule has 0 radical (unpaired) electrons. The molecule has 1 heterocycles. The summed E-state index contributed by atoms with van der Waals surface area (Å²) in [4.78, 5) is 16.3. The fourth-order valence-corrected chi connectivity index (χ4v) is 3.03. The summed E-state index contributed by atoms with van der Waals surface area (Å²) >= 11 is 0. The molecule has 2 aromatic rings. The molecular formula is C16H21N3O5S. The smallest absolute Gasteiger partial charge is 0.227 e. The molecule has 25 heavy (non-hydrogen) atoms. The molecule has 136 valence electrons. The summed E-state index contributed by atoms with van der Waals surface area (Å²) in [6.45, 7) is 3.53. The van der Waals surface area contributed by atoms with Crippen LogP contribution in [0.5, 0.6) is 5.75 Å². The summed E-state index contributed by atoms with van der Waals surface area (Å²) in [5, 5.41) is 16.1. The highest BCUT2D eigenvalue weighted by atomic mass is 32.2. The first-order valence-electron chi connectivity index (χ1n) is 8.02. The van der Waals surface area contributed by atoms with Gasteiger partial charge >= 0.3 is 0 Å². The number of nitrogens with one attached hydrogen (secondary N) is 1. The second-order valence-electron chi connectivity index (χ2n) is 5.48. The van der Waals surface area contributed by atoms with E-state index in [4.69, 9.17) is 4.52 Å². The van der Waals surface area contributed by atoms with Gasteiger partial charge in [0.05, 0.1) is 16.3 Å². The predicted octanol–water partition coefficient (Wildman–Crippen LogP) is 2.09. The molecule has 0 fully saturated rings. The monoisotopic (exact) mass is 367 g/mol. The maximum absolute atomic E-state index is 12.0. The highest BCUT2D eigenvalue weighted by molar-refractivity contribution is 7.91. The highest BCUT2D eigenvalue weighted by Gasteiger charge is 2.16. The van der Waals surface area contributed by atoms with Gasteiger partial charge in [-0.2, -0.15) is 4.98 Å². The van der Waals surface area contributed by atoms with Crippen LogP contribution in [0.15, 0.2) is 27.6 Å². The molecule has 0 unspecified atom stereocenters. The molecule has 0 saturated carbocycles. The Kier molecular flexibility index (Phi) is 6.13. The van der Waals surface area contributed by atoms with Crippen LogP contribution in [-0.2, 0) is 27.5 Å². The Hall–Kier alpha value is -2.42. The van der Waals surface area contributed by atoms with E-state index in [2.05, 4.69) is 15.5 Å². The molecule has 0 bridgehead atoms.